The maximum absolute atomic E-state index is 12.2. The van der Waals surface area contributed by atoms with Crippen molar-refractivity contribution in [3.63, 3.8) is 0 Å². The Kier molecular flexibility index (Phi) is 4.35. The van der Waals surface area contributed by atoms with Crippen molar-refractivity contribution in [3.8, 4) is 0 Å². The molecule has 2 heterocycles. The molecule has 0 saturated carbocycles. The van der Waals surface area contributed by atoms with Gasteiger partial charge < -0.3 is 9.73 Å². The summed E-state index contributed by atoms with van der Waals surface area (Å²) in [6, 6.07) is 1.60. The Morgan fingerprint density at radius 2 is 2.21 bits per heavy atom. The molecular formula is C11H15N3O3S2. The molecule has 2 aromatic heterocycles. The van der Waals surface area contributed by atoms with E-state index >= 15 is 0 Å². The van der Waals surface area contributed by atoms with Gasteiger partial charge >= 0.3 is 0 Å². The van der Waals surface area contributed by atoms with Gasteiger partial charge in [0.25, 0.3) is 0 Å². The number of nitrogens with one attached hydrogen (secondary N) is 2. The lowest BCUT2D eigenvalue weighted by Gasteiger charge is -2.05. The first-order valence-corrected chi connectivity index (χ1v) is 8.01. The fraction of sp³-hybridized carbons (Fsp3) is 0.364. The highest BCUT2D eigenvalue weighted by atomic mass is 32.2. The normalized spacial score (nSPS) is 11.9. The molecule has 0 fully saturated rings. The first-order valence-electron chi connectivity index (χ1n) is 5.65. The summed E-state index contributed by atoms with van der Waals surface area (Å²) in [6.07, 6.45) is 1.56. The first-order chi connectivity index (χ1) is 9.03. The molecule has 0 atom stereocenters. The zero-order valence-corrected chi connectivity index (χ0v) is 12.3. The number of hydrogen-bond acceptors (Lipinski definition) is 6. The van der Waals surface area contributed by atoms with Crippen molar-refractivity contribution < 1.29 is 12.8 Å². The molecule has 2 aromatic rings. The highest BCUT2D eigenvalue weighted by molar-refractivity contribution is 7.89. The fourth-order valence-corrected chi connectivity index (χ4v) is 4.00. The van der Waals surface area contributed by atoms with Crippen LogP contribution in [0.3, 0.4) is 0 Å². The molecule has 0 radical (unpaired) electrons. The molecule has 19 heavy (non-hydrogen) atoms. The van der Waals surface area contributed by atoms with Crippen molar-refractivity contribution in [1.82, 2.24) is 15.0 Å². The summed E-state index contributed by atoms with van der Waals surface area (Å²) in [6.45, 7) is 2.33. The minimum absolute atomic E-state index is 0.0466. The summed E-state index contributed by atoms with van der Waals surface area (Å²) in [5, 5.41) is 4.71. The van der Waals surface area contributed by atoms with Crippen molar-refractivity contribution in [2.45, 2.75) is 24.9 Å². The predicted octanol–water partition coefficient (Wildman–Crippen LogP) is 1.24. The molecule has 2 N–H and O–H groups in total. The summed E-state index contributed by atoms with van der Waals surface area (Å²) in [5.74, 6) is 1.01. The minimum Gasteiger partial charge on any atom is -0.445 e. The monoisotopic (exact) mass is 301 g/mol. The van der Waals surface area contributed by atoms with E-state index in [1.807, 2.05) is 0 Å². The second-order valence-electron chi connectivity index (χ2n) is 3.93. The van der Waals surface area contributed by atoms with Gasteiger partial charge in [0.2, 0.25) is 15.9 Å². The van der Waals surface area contributed by atoms with Crippen LogP contribution in [0.2, 0.25) is 0 Å². The lowest BCUT2D eigenvalue weighted by molar-refractivity contribution is 0.463. The molecule has 104 valence electrons. The average Bonchev–Trinajstić information content (AvgIpc) is 2.97. The van der Waals surface area contributed by atoms with Crippen LogP contribution in [0.15, 0.2) is 27.0 Å². The molecule has 0 aliphatic rings. The molecule has 6 nitrogen and oxygen atoms in total. The van der Waals surface area contributed by atoms with E-state index in [9.17, 15) is 8.42 Å². The summed E-state index contributed by atoms with van der Waals surface area (Å²) in [5.41, 5.74) is 0. The van der Waals surface area contributed by atoms with Gasteiger partial charge in [0.15, 0.2) is 0 Å². The number of nitrogens with zero attached hydrogens (tertiary/aromatic N) is 1. The number of hydrogen-bond donors (Lipinski definition) is 2. The first kappa shape index (κ1) is 14.2. The van der Waals surface area contributed by atoms with E-state index < -0.39 is 10.0 Å². The molecular weight excluding hydrogens is 286 g/mol. The van der Waals surface area contributed by atoms with Gasteiger partial charge in [0, 0.05) is 11.4 Å². The number of oxazole rings is 1. The van der Waals surface area contributed by atoms with E-state index in [0.29, 0.717) is 23.1 Å². The van der Waals surface area contributed by atoms with Gasteiger partial charge in [0.05, 0.1) is 17.6 Å². The van der Waals surface area contributed by atoms with Crippen LogP contribution >= 0.6 is 11.3 Å². The van der Waals surface area contributed by atoms with Crippen LogP contribution in [0.5, 0.6) is 0 Å². The van der Waals surface area contributed by atoms with Gasteiger partial charge in [0.1, 0.15) is 5.76 Å². The Bertz CT molecular complexity index is 646. The van der Waals surface area contributed by atoms with Gasteiger partial charge in [-0.3, -0.25) is 0 Å². The van der Waals surface area contributed by atoms with Crippen LogP contribution < -0.4 is 10.0 Å². The van der Waals surface area contributed by atoms with Crippen molar-refractivity contribution in [3.05, 3.63) is 34.2 Å². The van der Waals surface area contributed by atoms with Gasteiger partial charge in [-0.2, -0.15) is 0 Å². The van der Waals surface area contributed by atoms with Gasteiger partial charge in [-0.25, -0.2) is 18.1 Å². The van der Waals surface area contributed by atoms with Crippen molar-refractivity contribution in [1.29, 1.82) is 0 Å². The smallest absolute Gasteiger partial charge is 0.242 e. The molecule has 0 aliphatic heterocycles. The lowest BCUT2D eigenvalue weighted by Crippen LogP contribution is -2.24. The number of aromatic nitrogens is 1. The van der Waals surface area contributed by atoms with Crippen molar-refractivity contribution >= 4 is 21.4 Å². The van der Waals surface area contributed by atoms with E-state index in [2.05, 4.69) is 15.0 Å². The third kappa shape index (κ3) is 3.41. The standard InChI is InChI=1S/C11H15N3O3S2/c1-8-5-13-11(17-8)7-14-19(15,16)10-3-4-18-9(10)6-12-2/h3-5,12,14H,6-7H2,1-2H3. The quantitative estimate of drug-likeness (QED) is 0.838. The Labute approximate surface area is 115 Å². The predicted molar refractivity (Wildman–Crippen MR) is 72.3 cm³/mol. The molecule has 0 unspecified atom stereocenters. The van der Waals surface area contributed by atoms with Crippen LogP contribution in [0.4, 0.5) is 0 Å². The SMILES string of the molecule is CNCc1sccc1S(=O)(=O)NCc1ncc(C)o1. The van der Waals surface area contributed by atoms with E-state index in [-0.39, 0.29) is 6.54 Å². The molecule has 2 rings (SSSR count). The van der Waals surface area contributed by atoms with Crippen LogP contribution in [-0.2, 0) is 23.1 Å². The summed E-state index contributed by atoms with van der Waals surface area (Å²) in [7, 11) is -1.76. The van der Waals surface area contributed by atoms with E-state index in [1.165, 1.54) is 11.3 Å². The molecule has 0 aromatic carbocycles. The highest BCUT2D eigenvalue weighted by Crippen LogP contribution is 2.21. The summed E-state index contributed by atoms with van der Waals surface area (Å²) < 4.78 is 32.0. The van der Waals surface area contributed by atoms with Crippen LogP contribution in [-0.4, -0.2) is 20.4 Å². The summed E-state index contributed by atoms with van der Waals surface area (Å²) >= 11 is 1.41. The molecule has 0 saturated heterocycles. The zero-order valence-electron chi connectivity index (χ0n) is 10.6. The van der Waals surface area contributed by atoms with E-state index in [4.69, 9.17) is 4.42 Å². The lowest BCUT2D eigenvalue weighted by atomic mass is 10.5. The molecule has 0 spiro atoms. The van der Waals surface area contributed by atoms with Crippen LogP contribution in [0.1, 0.15) is 16.5 Å². The number of rotatable bonds is 6. The maximum Gasteiger partial charge on any atom is 0.242 e. The Morgan fingerprint density at radius 1 is 1.42 bits per heavy atom. The fourth-order valence-electron chi connectivity index (χ4n) is 1.58. The molecule has 0 aliphatic carbocycles. The van der Waals surface area contributed by atoms with E-state index in [0.717, 1.165) is 4.88 Å². The Hall–Kier alpha value is -1.22. The minimum atomic E-state index is -3.54. The molecule has 0 amide bonds. The number of sulfonamides is 1. The van der Waals surface area contributed by atoms with Gasteiger partial charge in [-0.1, -0.05) is 0 Å². The van der Waals surface area contributed by atoms with Crippen molar-refractivity contribution in [2.75, 3.05) is 7.05 Å². The Morgan fingerprint density at radius 3 is 2.84 bits per heavy atom. The largest absolute Gasteiger partial charge is 0.445 e. The van der Waals surface area contributed by atoms with Crippen LogP contribution in [0, 0.1) is 6.92 Å². The van der Waals surface area contributed by atoms with E-state index in [1.54, 1.807) is 31.6 Å². The second-order valence-corrected chi connectivity index (χ2v) is 6.66. The average molecular weight is 301 g/mol. The topological polar surface area (TPSA) is 84.2 Å². The van der Waals surface area contributed by atoms with Crippen LogP contribution in [0.25, 0.3) is 0 Å². The number of aryl methyl sites for hydroxylation is 1. The number of thiophene rings is 1. The molecule has 0 bridgehead atoms. The van der Waals surface area contributed by atoms with Gasteiger partial charge in [-0.15, -0.1) is 11.3 Å². The zero-order chi connectivity index (χ0) is 13.9. The van der Waals surface area contributed by atoms with Gasteiger partial charge in [-0.05, 0) is 25.4 Å². The summed E-state index contributed by atoms with van der Waals surface area (Å²) in [4.78, 5) is 5.03. The van der Waals surface area contributed by atoms with Crippen molar-refractivity contribution in [2.24, 2.45) is 0 Å². The third-order valence-corrected chi connectivity index (χ3v) is 4.95. The second kappa shape index (κ2) is 5.83. The highest BCUT2D eigenvalue weighted by Gasteiger charge is 2.19. The third-order valence-electron chi connectivity index (χ3n) is 2.41. The molecule has 8 heteroatoms. The Balaban J connectivity index is 2.11. The maximum atomic E-state index is 12.2.